The minimum atomic E-state index is -2.93. The predicted octanol–water partition coefficient (Wildman–Crippen LogP) is 1.93. The van der Waals surface area contributed by atoms with E-state index in [-0.39, 0.29) is 17.9 Å². The molecule has 84 valence electrons. The van der Waals surface area contributed by atoms with Gasteiger partial charge in [-0.25, -0.2) is 0 Å². The number of halogens is 3. The van der Waals surface area contributed by atoms with Crippen LogP contribution in [-0.2, 0) is 0 Å². The summed E-state index contributed by atoms with van der Waals surface area (Å²) in [7, 11) is 0. The first kappa shape index (κ1) is 12.2. The van der Waals surface area contributed by atoms with E-state index in [1.807, 2.05) is 0 Å². The van der Waals surface area contributed by atoms with Crippen LogP contribution in [0.15, 0.2) is 18.2 Å². The fourth-order valence-corrected chi connectivity index (χ4v) is 1.29. The zero-order chi connectivity index (χ0) is 11.4. The molecule has 1 aromatic carbocycles. The van der Waals surface area contributed by atoms with Gasteiger partial charge in [0, 0.05) is 10.6 Å². The maximum atomic E-state index is 12.0. The first-order valence-electron chi connectivity index (χ1n) is 4.15. The van der Waals surface area contributed by atoms with Crippen molar-refractivity contribution in [2.45, 2.75) is 12.7 Å². The van der Waals surface area contributed by atoms with Crippen LogP contribution in [0.1, 0.15) is 11.6 Å². The van der Waals surface area contributed by atoms with Crippen LogP contribution < -0.4 is 10.5 Å². The van der Waals surface area contributed by atoms with Crippen LogP contribution >= 0.6 is 11.6 Å². The Hall–Kier alpha value is -0.910. The molecule has 0 radical (unpaired) electrons. The van der Waals surface area contributed by atoms with Crippen LogP contribution in [-0.4, -0.2) is 18.3 Å². The number of alkyl halides is 2. The molecule has 0 amide bonds. The molecule has 0 aliphatic carbocycles. The Kier molecular flexibility index (Phi) is 4.26. The van der Waals surface area contributed by atoms with E-state index in [1.54, 1.807) is 0 Å². The summed E-state index contributed by atoms with van der Waals surface area (Å²) in [6.07, 6.45) is 0. The Labute approximate surface area is 90.4 Å². The second-order valence-corrected chi connectivity index (χ2v) is 3.29. The molecular weight excluding hydrogens is 228 g/mol. The molecule has 1 unspecified atom stereocenters. The zero-order valence-corrected chi connectivity index (χ0v) is 8.42. The van der Waals surface area contributed by atoms with Gasteiger partial charge in [0.05, 0.1) is 12.6 Å². The molecule has 0 bridgehead atoms. The minimum absolute atomic E-state index is 0.0732. The summed E-state index contributed by atoms with van der Waals surface area (Å²) in [5, 5.41) is 9.17. The lowest BCUT2D eigenvalue weighted by molar-refractivity contribution is -0.0507. The van der Waals surface area contributed by atoms with Crippen molar-refractivity contribution >= 4 is 11.6 Å². The van der Waals surface area contributed by atoms with Gasteiger partial charge in [-0.05, 0) is 18.2 Å². The number of aliphatic hydroxyl groups is 1. The van der Waals surface area contributed by atoms with Crippen molar-refractivity contribution in [2.24, 2.45) is 5.73 Å². The predicted molar refractivity (Wildman–Crippen MR) is 52.1 cm³/mol. The second kappa shape index (κ2) is 5.25. The summed E-state index contributed by atoms with van der Waals surface area (Å²) in [6.45, 7) is -3.31. The highest BCUT2D eigenvalue weighted by Crippen LogP contribution is 2.28. The van der Waals surface area contributed by atoms with Gasteiger partial charge >= 0.3 is 6.61 Å². The first-order chi connectivity index (χ1) is 7.04. The van der Waals surface area contributed by atoms with Crippen molar-refractivity contribution in [1.29, 1.82) is 0 Å². The fraction of sp³-hybridized carbons (Fsp3) is 0.333. The Morgan fingerprint density at radius 1 is 1.47 bits per heavy atom. The maximum absolute atomic E-state index is 12.0. The number of hydrogen-bond donors (Lipinski definition) is 2. The smallest absolute Gasteiger partial charge is 0.387 e. The van der Waals surface area contributed by atoms with Crippen molar-refractivity contribution in [1.82, 2.24) is 0 Å². The molecule has 1 aromatic rings. The lowest BCUT2D eigenvalue weighted by Gasteiger charge is -2.14. The van der Waals surface area contributed by atoms with E-state index in [4.69, 9.17) is 22.4 Å². The van der Waals surface area contributed by atoms with E-state index in [9.17, 15) is 8.78 Å². The van der Waals surface area contributed by atoms with Gasteiger partial charge in [0.2, 0.25) is 0 Å². The molecular formula is C9H10ClF2NO2. The molecule has 0 saturated heterocycles. The molecule has 3 N–H and O–H groups in total. The van der Waals surface area contributed by atoms with E-state index in [2.05, 4.69) is 4.74 Å². The maximum Gasteiger partial charge on any atom is 0.387 e. The van der Waals surface area contributed by atoms with Gasteiger partial charge in [0.1, 0.15) is 5.75 Å². The highest BCUT2D eigenvalue weighted by atomic mass is 35.5. The van der Waals surface area contributed by atoms with Gasteiger partial charge in [0.25, 0.3) is 0 Å². The van der Waals surface area contributed by atoms with Crippen molar-refractivity contribution < 1.29 is 18.6 Å². The molecule has 0 aliphatic heterocycles. The van der Waals surface area contributed by atoms with Gasteiger partial charge in [0.15, 0.2) is 0 Å². The van der Waals surface area contributed by atoms with E-state index in [0.717, 1.165) is 0 Å². The molecule has 0 fully saturated rings. The van der Waals surface area contributed by atoms with Crippen molar-refractivity contribution in [3.8, 4) is 5.75 Å². The van der Waals surface area contributed by atoms with Crippen molar-refractivity contribution in [3.05, 3.63) is 28.8 Å². The third-order valence-electron chi connectivity index (χ3n) is 1.78. The Balaban J connectivity index is 3.02. The molecule has 15 heavy (non-hydrogen) atoms. The Morgan fingerprint density at radius 2 is 2.13 bits per heavy atom. The van der Waals surface area contributed by atoms with Crippen molar-refractivity contribution in [2.75, 3.05) is 6.61 Å². The van der Waals surface area contributed by atoms with Gasteiger partial charge in [-0.3, -0.25) is 0 Å². The largest absolute Gasteiger partial charge is 0.434 e. The molecule has 1 rings (SSSR count). The summed E-state index contributed by atoms with van der Waals surface area (Å²) in [5.74, 6) is -0.0732. The van der Waals surface area contributed by atoms with E-state index in [0.29, 0.717) is 5.02 Å². The zero-order valence-electron chi connectivity index (χ0n) is 7.66. The number of rotatable bonds is 4. The van der Waals surface area contributed by atoms with Gasteiger partial charge in [-0.2, -0.15) is 8.78 Å². The molecule has 6 heteroatoms. The summed E-state index contributed by atoms with van der Waals surface area (Å²) >= 11 is 5.67. The normalized spacial score (nSPS) is 12.9. The van der Waals surface area contributed by atoms with Crippen molar-refractivity contribution in [3.63, 3.8) is 0 Å². The number of nitrogens with two attached hydrogens (primary N) is 1. The van der Waals surface area contributed by atoms with Crippen LogP contribution in [0.4, 0.5) is 8.78 Å². The van der Waals surface area contributed by atoms with E-state index < -0.39 is 12.7 Å². The summed E-state index contributed by atoms with van der Waals surface area (Å²) in [6, 6.07) is 3.30. The average molecular weight is 238 g/mol. The van der Waals surface area contributed by atoms with Crippen LogP contribution in [0.2, 0.25) is 5.02 Å². The molecule has 3 nitrogen and oxygen atoms in total. The summed E-state index contributed by atoms with van der Waals surface area (Å²) in [5.41, 5.74) is 5.76. The number of hydrogen-bond acceptors (Lipinski definition) is 3. The van der Waals surface area contributed by atoms with Crippen LogP contribution in [0, 0.1) is 0 Å². The first-order valence-corrected chi connectivity index (χ1v) is 4.53. The Bertz CT molecular complexity index is 336. The van der Waals surface area contributed by atoms with Crippen LogP contribution in [0.5, 0.6) is 5.75 Å². The second-order valence-electron chi connectivity index (χ2n) is 2.85. The van der Waals surface area contributed by atoms with Gasteiger partial charge in [-0.1, -0.05) is 11.6 Å². The fourth-order valence-electron chi connectivity index (χ4n) is 1.11. The summed E-state index contributed by atoms with van der Waals surface area (Å²) < 4.78 is 28.3. The monoisotopic (exact) mass is 237 g/mol. The minimum Gasteiger partial charge on any atom is -0.434 e. The number of ether oxygens (including phenoxy) is 1. The summed E-state index contributed by atoms with van der Waals surface area (Å²) in [4.78, 5) is 0. The molecule has 0 spiro atoms. The standard InChI is InChI=1S/C9H10ClF2NO2/c10-5-1-2-8(15-9(11)12)6(3-5)7(13)4-14/h1-3,7,9,14H,4,13H2. The highest BCUT2D eigenvalue weighted by Gasteiger charge is 2.15. The lowest BCUT2D eigenvalue weighted by atomic mass is 10.1. The van der Waals surface area contributed by atoms with Crippen LogP contribution in [0.25, 0.3) is 0 Å². The average Bonchev–Trinajstić information content (AvgIpc) is 2.19. The topological polar surface area (TPSA) is 55.5 Å². The third-order valence-corrected chi connectivity index (χ3v) is 2.02. The van der Waals surface area contributed by atoms with Crippen LogP contribution in [0.3, 0.4) is 0 Å². The van der Waals surface area contributed by atoms with Gasteiger partial charge in [-0.15, -0.1) is 0 Å². The third kappa shape index (κ3) is 3.30. The SMILES string of the molecule is NC(CO)c1cc(Cl)ccc1OC(F)F. The molecule has 0 saturated carbocycles. The lowest BCUT2D eigenvalue weighted by Crippen LogP contribution is -2.16. The molecule has 0 aliphatic rings. The highest BCUT2D eigenvalue weighted by molar-refractivity contribution is 6.30. The van der Waals surface area contributed by atoms with E-state index in [1.165, 1.54) is 18.2 Å². The van der Waals surface area contributed by atoms with Gasteiger partial charge < -0.3 is 15.6 Å². The molecule has 0 aromatic heterocycles. The number of benzene rings is 1. The number of aliphatic hydroxyl groups excluding tert-OH is 1. The Morgan fingerprint density at radius 3 is 2.67 bits per heavy atom. The quantitative estimate of drug-likeness (QED) is 0.841. The molecule has 0 heterocycles. The molecule has 1 atom stereocenters. The van der Waals surface area contributed by atoms with E-state index >= 15 is 0 Å².